The van der Waals surface area contributed by atoms with Crippen LogP contribution in [0.3, 0.4) is 0 Å². The van der Waals surface area contributed by atoms with Gasteiger partial charge in [0.25, 0.3) is 10.0 Å². The van der Waals surface area contributed by atoms with Crippen LogP contribution in [0, 0.1) is 11.6 Å². The normalized spacial score (nSPS) is 15.2. The van der Waals surface area contributed by atoms with Crippen LogP contribution in [-0.4, -0.2) is 56.8 Å². The fourth-order valence-corrected chi connectivity index (χ4v) is 5.90. The molecule has 0 atom stereocenters. The van der Waals surface area contributed by atoms with Gasteiger partial charge in [-0.2, -0.15) is 0 Å². The number of thiophene rings is 1. The lowest BCUT2D eigenvalue weighted by atomic mass is 9.96. The molecule has 10 heteroatoms. The monoisotopic (exact) mass is 491 g/mol. The van der Waals surface area contributed by atoms with Gasteiger partial charge in [-0.15, -0.1) is 11.3 Å². The molecule has 1 N–H and O–H groups in total. The number of nitrogens with one attached hydrogen (secondary N) is 1. The second-order valence-corrected chi connectivity index (χ2v) is 10.6. The molecule has 1 aromatic heterocycles. The van der Waals surface area contributed by atoms with Gasteiger partial charge in [0.2, 0.25) is 5.91 Å². The van der Waals surface area contributed by atoms with Crippen LogP contribution in [0.4, 0.5) is 8.78 Å². The number of benzene rings is 2. The summed E-state index contributed by atoms with van der Waals surface area (Å²) in [6, 6.07) is 15.3. The van der Waals surface area contributed by atoms with Crippen LogP contribution < -0.4 is 4.72 Å². The summed E-state index contributed by atoms with van der Waals surface area (Å²) in [5.74, 6) is -0.969. The Kier molecular flexibility index (Phi) is 7.18. The standard InChI is InChI=1S/C23H23F2N3O3S2/c24-19-7-3-17(4-8-19)23(18-5-9-20(25)10-6-18)28-13-11-27(12-14-28)21(29)16-26-33(30,31)22-2-1-15-32-22/h1-10,15,23,26H,11-14,16H2. The molecule has 1 fully saturated rings. The average Bonchev–Trinajstić information content (AvgIpc) is 3.37. The summed E-state index contributed by atoms with van der Waals surface area (Å²) in [5.41, 5.74) is 1.73. The van der Waals surface area contributed by atoms with Crippen LogP contribution in [0.15, 0.2) is 70.3 Å². The number of hydrogen-bond donors (Lipinski definition) is 1. The van der Waals surface area contributed by atoms with Crippen molar-refractivity contribution in [2.24, 2.45) is 0 Å². The average molecular weight is 492 g/mol. The predicted octanol–water partition coefficient (Wildman–Crippen LogP) is 3.24. The second-order valence-electron chi connectivity index (χ2n) is 7.68. The maximum Gasteiger partial charge on any atom is 0.250 e. The predicted molar refractivity (Wildman–Crippen MR) is 122 cm³/mol. The lowest BCUT2D eigenvalue weighted by molar-refractivity contribution is -0.131. The first-order chi connectivity index (χ1) is 15.8. The molecule has 1 saturated heterocycles. The molecule has 2 heterocycles. The number of carbonyl (C=O) groups excluding carboxylic acids is 1. The minimum absolute atomic E-state index is 0.168. The Morgan fingerprint density at radius 3 is 1.94 bits per heavy atom. The minimum Gasteiger partial charge on any atom is -0.339 e. The molecule has 1 amide bonds. The van der Waals surface area contributed by atoms with E-state index in [1.165, 1.54) is 30.3 Å². The van der Waals surface area contributed by atoms with Crippen molar-refractivity contribution in [1.82, 2.24) is 14.5 Å². The highest BCUT2D eigenvalue weighted by Crippen LogP contribution is 2.30. The molecule has 0 radical (unpaired) electrons. The summed E-state index contributed by atoms with van der Waals surface area (Å²) in [7, 11) is -3.70. The molecule has 33 heavy (non-hydrogen) atoms. The van der Waals surface area contributed by atoms with E-state index in [1.54, 1.807) is 40.6 Å². The topological polar surface area (TPSA) is 69.7 Å². The number of piperazine rings is 1. The van der Waals surface area contributed by atoms with Crippen molar-refractivity contribution in [1.29, 1.82) is 0 Å². The molecule has 0 saturated carbocycles. The highest BCUT2D eigenvalue weighted by atomic mass is 32.2. The molecule has 0 bridgehead atoms. The first-order valence-corrected chi connectivity index (χ1v) is 12.8. The van der Waals surface area contributed by atoms with Gasteiger partial charge in [-0.05, 0) is 46.8 Å². The summed E-state index contributed by atoms with van der Waals surface area (Å²) in [5, 5.41) is 1.66. The lowest BCUT2D eigenvalue weighted by Crippen LogP contribution is -2.52. The number of rotatable bonds is 7. The second kappa shape index (κ2) is 10.1. The number of hydrogen-bond acceptors (Lipinski definition) is 5. The third-order valence-electron chi connectivity index (χ3n) is 5.58. The van der Waals surface area contributed by atoms with Crippen molar-refractivity contribution in [2.45, 2.75) is 10.3 Å². The first kappa shape index (κ1) is 23.5. The molecule has 2 aromatic carbocycles. The number of nitrogens with zero attached hydrogens (tertiary/aromatic N) is 2. The maximum absolute atomic E-state index is 13.5. The summed E-state index contributed by atoms with van der Waals surface area (Å²) in [6.45, 7) is 1.59. The lowest BCUT2D eigenvalue weighted by Gasteiger charge is -2.39. The van der Waals surface area contributed by atoms with Gasteiger partial charge in [-0.3, -0.25) is 9.69 Å². The molecular weight excluding hydrogens is 468 g/mol. The zero-order valence-electron chi connectivity index (χ0n) is 17.7. The van der Waals surface area contributed by atoms with E-state index in [2.05, 4.69) is 9.62 Å². The van der Waals surface area contributed by atoms with E-state index < -0.39 is 10.0 Å². The van der Waals surface area contributed by atoms with Crippen LogP contribution >= 0.6 is 11.3 Å². The van der Waals surface area contributed by atoms with E-state index >= 15 is 0 Å². The van der Waals surface area contributed by atoms with Gasteiger partial charge in [0.15, 0.2) is 0 Å². The summed E-state index contributed by atoms with van der Waals surface area (Å²) in [6.07, 6.45) is 0. The molecule has 0 aliphatic carbocycles. The minimum atomic E-state index is -3.70. The van der Waals surface area contributed by atoms with Gasteiger partial charge in [0.05, 0.1) is 12.6 Å². The quantitative estimate of drug-likeness (QED) is 0.551. The van der Waals surface area contributed by atoms with Gasteiger partial charge in [0, 0.05) is 26.2 Å². The molecule has 174 valence electrons. The summed E-state index contributed by atoms with van der Waals surface area (Å²) >= 11 is 1.09. The molecule has 0 spiro atoms. The van der Waals surface area contributed by atoms with Crippen molar-refractivity contribution in [3.63, 3.8) is 0 Å². The smallest absolute Gasteiger partial charge is 0.250 e. The van der Waals surface area contributed by atoms with Gasteiger partial charge in [0.1, 0.15) is 15.8 Å². The van der Waals surface area contributed by atoms with Crippen LogP contribution in [0.25, 0.3) is 0 Å². The Morgan fingerprint density at radius 1 is 0.909 bits per heavy atom. The Balaban J connectivity index is 1.42. The third-order valence-corrected chi connectivity index (χ3v) is 8.38. The fraction of sp³-hybridized carbons (Fsp3) is 0.261. The van der Waals surface area contributed by atoms with Crippen molar-refractivity contribution in [3.8, 4) is 0 Å². The van der Waals surface area contributed by atoms with Gasteiger partial charge < -0.3 is 4.90 Å². The highest BCUT2D eigenvalue weighted by Gasteiger charge is 2.29. The van der Waals surface area contributed by atoms with Crippen LogP contribution in [0.1, 0.15) is 17.2 Å². The Labute approximate surface area is 195 Å². The van der Waals surface area contributed by atoms with Crippen molar-refractivity contribution in [2.75, 3.05) is 32.7 Å². The van der Waals surface area contributed by atoms with E-state index in [4.69, 9.17) is 0 Å². The van der Waals surface area contributed by atoms with Crippen LogP contribution in [-0.2, 0) is 14.8 Å². The zero-order chi connectivity index (χ0) is 23.4. The molecule has 1 aliphatic heterocycles. The maximum atomic E-state index is 13.5. The van der Waals surface area contributed by atoms with Crippen molar-refractivity contribution < 1.29 is 22.0 Å². The fourth-order valence-electron chi connectivity index (χ4n) is 3.89. The van der Waals surface area contributed by atoms with Crippen LogP contribution in [0.5, 0.6) is 0 Å². The molecule has 3 aromatic rings. The van der Waals surface area contributed by atoms with E-state index in [9.17, 15) is 22.0 Å². The summed E-state index contributed by atoms with van der Waals surface area (Å²) in [4.78, 5) is 16.4. The number of sulfonamides is 1. The van der Waals surface area contributed by atoms with Gasteiger partial charge >= 0.3 is 0 Å². The van der Waals surface area contributed by atoms with Crippen molar-refractivity contribution in [3.05, 3.63) is 88.8 Å². The van der Waals surface area contributed by atoms with E-state index in [0.29, 0.717) is 26.2 Å². The largest absolute Gasteiger partial charge is 0.339 e. The van der Waals surface area contributed by atoms with Crippen LogP contribution in [0.2, 0.25) is 0 Å². The third kappa shape index (κ3) is 5.64. The number of halogens is 2. The van der Waals surface area contributed by atoms with E-state index in [0.717, 1.165) is 22.5 Å². The van der Waals surface area contributed by atoms with E-state index in [-0.39, 0.29) is 34.3 Å². The Hall–Kier alpha value is -2.66. The number of carbonyl (C=O) groups is 1. The SMILES string of the molecule is O=C(CNS(=O)(=O)c1cccs1)N1CCN(C(c2ccc(F)cc2)c2ccc(F)cc2)CC1. The molecule has 1 aliphatic rings. The van der Waals surface area contributed by atoms with Gasteiger partial charge in [-0.1, -0.05) is 30.3 Å². The Morgan fingerprint density at radius 2 is 1.45 bits per heavy atom. The molecule has 4 rings (SSSR count). The highest BCUT2D eigenvalue weighted by molar-refractivity contribution is 7.91. The van der Waals surface area contributed by atoms with Gasteiger partial charge in [-0.25, -0.2) is 21.9 Å². The van der Waals surface area contributed by atoms with Crippen molar-refractivity contribution >= 4 is 27.3 Å². The molecule has 6 nitrogen and oxygen atoms in total. The Bertz CT molecular complexity index is 1130. The first-order valence-electron chi connectivity index (χ1n) is 10.4. The molecular formula is C23H23F2N3O3S2. The van der Waals surface area contributed by atoms with E-state index in [1.807, 2.05) is 0 Å². The number of amides is 1. The summed E-state index contributed by atoms with van der Waals surface area (Å²) < 4.78 is 54.0. The zero-order valence-corrected chi connectivity index (χ0v) is 19.3. The molecule has 0 unspecified atom stereocenters.